The van der Waals surface area contributed by atoms with E-state index in [2.05, 4.69) is 10.3 Å². The number of hydrogen-bond donors (Lipinski definition) is 1. The second-order valence-corrected chi connectivity index (χ2v) is 8.29. The minimum absolute atomic E-state index is 0.182. The van der Waals surface area contributed by atoms with Gasteiger partial charge in [-0.25, -0.2) is 4.98 Å². The summed E-state index contributed by atoms with van der Waals surface area (Å²) in [7, 11) is 0. The highest BCUT2D eigenvalue weighted by molar-refractivity contribution is 7.13. The number of anilines is 1. The highest BCUT2D eigenvalue weighted by Crippen LogP contribution is 2.61. The average molecular weight is 290 g/mol. The van der Waals surface area contributed by atoms with E-state index in [9.17, 15) is 4.79 Å². The number of aromatic nitrogens is 1. The number of nitrogens with zero attached hydrogens (tertiary/aromatic N) is 1. The molecule has 4 aliphatic carbocycles. The Balaban J connectivity index is 1.44. The summed E-state index contributed by atoms with van der Waals surface area (Å²) < 4.78 is 0. The maximum atomic E-state index is 12.4. The molecule has 0 aromatic carbocycles. The molecule has 1 aromatic rings. The molecular formula is C16H22N2OS. The Kier molecular flexibility index (Phi) is 2.92. The normalized spacial score (nSPS) is 38.1. The molecule has 4 fully saturated rings. The van der Waals surface area contributed by atoms with Crippen LogP contribution in [0.4, 0.5) is 5.13 Å². The number of carbonyl (C=O) groups is 1. The van der Waals surface area contributed by atoms with Gasteiger partial charge in [-0.05, 0) is 68.6 Å². The predicted octanol–water partition coefficient (Wildman–Crippen LogP) is 4.00. The van der Waals surface area contributed by atoms with E-state index in [0.717, 1.165) is 35.0 Å². The van der Waals surface area contributed by atoms with Crippen LogP contribution in [0.15, 0.2) is 5.38 Å². The van der Waals surface area contributed by atoms with E-state index in [1.165, 1.54) is 49.9 Å². The van der Waals surface area contributed by atoms with Crippen LogP contribution in [-0.2, 0) is 4.79 Å². The van der Waals surface area contributed by atoms with Crippen molar-refractivity contribution in [1.82, 2.24) is 4.98 Å². The standard InChI is InChI=1S/C16H22N2OS/c1-10-9-20-15(17-10)18-14(19)8-16-5-11-2-12(6-16)4-13(3-11)7-16/h9,11-13H,2-8H2,1H3,(H,17,18,19). The molecule has 20 heavy (non-hydrogen) atoms. The molecule has 4 aliphatic rings. The molecule has 3 nitrogen and oxygen atoms in total. The zero-order valence-corrected chi connectivity index (χ0v) is 12.8. The summed E-state index contributed by atoms with van der Waals surface area (Å²) in [6, 6.07) is 0. The number of hydrogen-bond acceptors (Lipinski definition) is 3. The third kappa shape index (κ3) is 2.28. The Bertz CT molecular complexity index is 501. The van der Waals surface area contributed by atoms with Gasteiger partial charge in [-0.2, -0.15) is 0 Å². The Morgan fingerprint density at radius 3 is 2.40 bits per heavy atom. The zero-order valence-electron chi connectivity index (χ0n) is 12.0. The van der Waals surface area contributed by atoms with Crippen LogP contribution in [0.25, 0.3) is 0 Å². The van der Waals surface area contributed by atoms with E-state index in [0.29, 0.717) is 5.41 Å². The molecule has 0 saturated heterocycles. The molecule has 5 rings (SSSR count). The first-order chi connectivity index (χ1) is 9.60. The fraction of sp³-hybridized carbons (Fsp3) is 0.750. The summed E-state index contributed by atoms with van der Waals surface area (Å²) in [5, 5.41) is 5.75. The molecule has 0 unspecified atom stereocenters. The van der Waals surface area contributed by atoms with Gasteiger partial charge < -0.3 is 5.32 Å². The van der Waals surface area contributed by atoms with Crippen LogP contribution in [0.1, 0.15) is 50.6 Å². The van der Waals surface area contributed by atoms with Gasteiger partial charge in [0.25, 0.3) is 0 Å². The van der Waals surface area contributed by atoms with Gasteiger partial charge in [0.05, 0.1) is 5.69 Å². The smallest absolute Gasteiger partial charge is 0.226 e. The lowest BCUT2D eigenvalue weighted by molar-refractivity contribution is -0.124. The molecule has 108 valence electrons. The fourth-order valence-corrected chi connectivity index (χ4v) is 6.13. The summed E-state index contributed by atoms with van der Waals surface area (Å²) in [4.78, 5) is 16.7. The van der Waals surface area contributed by atoms with Crippen molar-refractivity contribution in [3.63, 3.8) is 0 Å². The van der Waals surface area contributed by atoms with Crippen LogP contribution < -0.4 is 5.32 Å². The van der Waals surface area contributed by atoms with Gasteiger partial charge in [-0.3, -0.25) is 4.79 Å². The monoisotopic (exact) mass is 290 g/mol. The molecule has 1 aromatic heterocycles. The Morgan fingerprint density at radius 2 is 1.90 bits per heavy atom. The van der Waals surface area contributed by atoms with Gasteiger partial charge in [-0.1, -0.05) is 0 Å². The van der Waals surface area contributed by atoms with E-state index in [1.807, 2.05) is 12.3 Å². The van der Waals surface area contributed by atoms with Gasteiger partial charge in [-0.15, -0.1) is 11.3 Å². The van der Waals surface area contributed by atoms with E-state index in [4.69, 9.17) is 0 Å². The average Bonchev–Trinajstić information content (AvgIpc) is 2.71. The second kappa shape index (κ2) is 4.55. The number of aryl methyl sites for hydroxylation is 1. The van der Waals surface area contributed by atoms with Crippen LogP contribution in [0.2, 0.25) is 0 Å². The van der Waals surface area contributed by atoms with Gasteiger partial charge in [0.2, 0.25) is 5.91 Å². The minimum Gasteiger partial charge on any atom is -0.302 e. The van der Waals surface area contributed by atoms with Crippen molar-refractivity contribution in [2.24, 2.45) is 23.2 Å². The summed E-state index contributed by atoms with van der Waals surface area (Å²) in [5.74, 6) is 2.92. The van der Waals surface area contributed by atoms with Crippen molar-refractivity contribution in [2.45, 2.75) is 51.9 Å². The van der Waals surface area contributed by atoms with E-state index < -0.39 is 0 Å². The summed E-state index contributed by atoms with van der Waals surface area (Å²) in [6.45, 7) is 1.96. The van der Waals surface area contributed by atoms with Crippen molar-refractivity contribution in [2.75, 3.05) is 5.32 Å². The third-order valence-corrected chi connectivity index (χ3v) is 6.44. The predicted molar refractivity (Wildman–Crippen MR) is 80.7 cm³/mol. The summed E-state index contributed by atoms with van der Waals surface area (Å²) in [6.07, 6.45) is 8.91. The lowest BCUT2D eigenvalue weighted by Gasteiger charge is -2.56. The summed E-state index contributed by atoms with van der Waals surface area (Å²) in [5.41, 5.74) is 1.31. The van der Waals surface area contributed by atoms with Gasteiger partial charge in [0, 0.05) is 11.8 Å². The second-order valence-electron chi connectivity index (χ2n) is 7.44. The molecule has 1 amide bonds. The highest BCUT2D eigenvalue weighted by atomic mass is 32.1. The largest absolute Gasteiger partial charge is 0.302 e. The molecule has 0 radical (unpaired) electrons. The number of rotatable bonds is 3. The van der Waals surface area contributed by atoms with Crippen molar-refractivity contribution in [3.8, 4) is 0 Å². The number of carbonyl (C=O) groups excluding carboxylic acids is 1. The van der Waals surface area contributed by atoms with Crippen LogP contribution >= 0.6 is 11.3 Å². The Hall–Kier alpha value is -0.900. The number of nitrogens with one attached hydrogen (secondary N) is 1. The van der Waals surface area contributed by atoms with Crippen LogP contribution in [0.3, 0.4) is 0 Å². The maximum Gasteiger partial charge on any atom is 0.226 e. The van der Waals surface area contributed by atoms with E-state index in [1.54, 1.807) is 0 Å². The fourth-order valence-electron chi connectivity index (χ4n) is 5.42. The van der Waals surface area contributed by atoms with Gasteiger partial charge in [0.15, 0.2) is 5.13 Å². The van der Waals surface area contributed by atoms with Crippen molar-refractivity contribution < 1.29 is 4.79 Å². The third-order valence-electron chi connectivity index (χ3n) is 5.57. The Morgan fingerprint density at radius 1 is 1.30 bits per heavy atom. The van der Waals surface area contributed by atoms with E-state index in [-0.39, 0.29) is 5.91 Å². The van der Waals surface area contributed by atoms with Crippen molar-refractivity contribution in [3.05, 3.63) is 11.1 Å². The van der Waals surface area contributed by atoms with Crippen LogP contribution in [0, 0.1) is 30.1 Å². The first kappa shape index (κ1) is 12.8. The van der Waals surface area contributed by atoms with E-state index >= 15 is 0 Å². The molecule has 0 aliphatic heterocycles. The Labute approximate surface area is 124 Å². The van der Waals surface area contributed by atoms with Gasteiger partial charge >= 0.3 is 0 Å². The van der Waals surface area contributed by atoms with Crippen LogP contribution in [0.5, 0.6) is 0 Å². The molecule has 4 bridgehead atoms. The topological polar surface area (TPSA) is 42.0 Å². The molecule has 4 saturated carbocycles. The molecule has 1 heterocycles. The highest BCUT2D eigenvalue weighted by Gasteiger charge is 2.51. The molecule has 0 atom stereocenters. The van der Waals surface area contributed by atoms with Crippen molar-refractivity contribution >= 4 is 22.4 Å². The zero-order chi connectivity index (χ0) is 13.7. The minimum atomic E-state index is 0.182. The molecule has 1 N–H and O–H groups in total. The lowest BCUT2D eigenvalue weighted by atomic mass is 9.49. The first-order valence-corrected chi connectivity index (χ1v) is 8.70. The van der Waals surface area contributed by atoms with Crippen molar-refractivity contribution in [1.29, 1.82) is 0 Å². The maximum absolute atomic E-state index is 12.4. The molecule has 4 heteroatoms. The molecule has 0 spiro atoms. The van der Waals surface area contributed by atoms with Gasteiger partial charge in [0.1, 0.15) is 0 Å². The summed E-state index contributed by atoms with van der Waals surface area (Å²) >= 11 is 1.53. The number of thiazole rings is 1. The molecular weight excluding hydrogens is 268 g/mol. The number of amides is 1. The first-order valence-electron chi connectivity index (χ1n) is 7.82. The SMILES string of the molecule is Cc1csc(NC(=O)CC23CC4CC(CC(C4)C2)C3)n1. The lowest BCUT2D eigenvalue weighted by Crippen LogP contribution is -2.47. The van der Waals surface area contributed by atoms with Crippen LogP contribution in [-0.4, -0.2) is 10.9 Å². The quantitative estimate of drug-likeness (QED) is 0.914.